The molecule has 0 unspecified atom stereocenters. The summed E-state index contributed by atoms with van der Waals surface area (Å²) in [5.41, 5.74) is 1.03. The van der Waals surface area contributed by atoms with Crippen molar-refractivity contribution in [2.75, 3.05) is 13.2 Å². The SMILES string of the molecule is O=[N+]([O-])c1ccc(COC[C@@H]2CO2)cc1. The lowest BCUT2D eigenvalue weighted by molar-refractivity contribution is -0.384. The van der Waals surface area contributed by atoms with Crippen molar-refractivity contribution in [1.29, 1.82) is 0 Å². The summed E-state index contributed by atoms with van der Waals surface area (Å²) in [7, 11) is 0. The number of benzene rings is 1. The fourth-order valence-corrected chi connectivity index (χ4v) is 1.19. The molecule has 2 rings (SSSR count). The van der Waals surface area contributed by atoms with E-state index in [2.05, 4.69) is 0 Å². The highest BCUT2D eigenvalue weighted by Gasteiger charge is 2.22. The lowest BCUT2D eigenvalue weighted by Gasteiger charge is -2.01. The Morgan fingerprint density at radius 1 is 1.47 bits per heavy atom. The molecule has 80 valence electrons. The van der Waals surface area contributed by atoms with Gasteiger partial charge in [0.25, 0.3) is 5.69 Å². The van der Waals surface area contributed by atoms with Gasteiger partial charge in [-0.2, -0.15) is 0 Å². The zero-order valence-electron chi connectivity index (χ0n) is 8.09. The standard InChI is InChI=1S/C10H11NO4/c12-11(13)9-3-1-8(2-4-9)5-14-6-10-7-15-10/h1-4,10H,5-7H2/t10-/m1/s1. The number of nitro groups is 1. The minimum absolute atomic E-state index is 0.101. The number of nitrogens with zero attached hydrogens (tertiary/aromatic N) is 1. The highest BCUT2D eigenvalue weighted by atomic mass is 16.6. The molecule has 0 bridgehead atoms. The van der Waals surface area contributed by atoms with Gasteiger partial charge in [-0.3, -0.25) is 10.1 Å². The number of rotatable bonds is 5. The zero-order chi connectivity index (χ0) is 10.7. The summed E-state index contributed by atoms with van der Waals surface area (Å²) in [6, 6.07) is 6.36. The van der Waals surface area contributed by atoms with Crippen molar-refractivity contribution in [3.05, 3.63) is 39.9 Å². The average Bonchev–Trinajstić information content (AvgIpc) is 3.02. The smallest absolute Gasteiger partial charge is 0.269 e. The Labute approximate surface area is 86.8 Å². The molecule has 5 heteroatoms. The molecule has 1 aromatic rings. The van der Waals surface area contributed by atoms with Crippen LogP contribution in [0.2, 0.25) is 0 Å². The second-order valence-electron chi connectivity index (χ2n) is 3.39. The molecular weight excluding hydrogens is 198 g/mol. The maximum Gasteiger partial charge on any atom is 0.269 e. The minimum atomic E-state index is -0.414. The molecule has 0 aromatic heterocycles. The number of ether oxygens (including phenoxy) is 2. The molecule has 15 heavy (non-hydrogen) atoms. The summed E-state index contributed by atoms with van der Waals surface area (Å²) < 4.78 is 10.3. The number of hydrogen-bond acceptors (Lipinski definition) is 4. The predicted octanol–water partition coefficient (Wildman–Crippen LogP) is 1.51. The van der Waals surface area contributed by atoms with Crippen LogP contribution in [0.25, 0.3) is 0 Å². The molecule has 1 aliphatic heterocycles. The van der Waals surface area contributed by atoms with Gasteiger partial charge in [0.05, 0.1) is 24.7 Å². The summed E-state index contributed by atoms with van der Waals surface area (Å²) in [5, 5.41) is 10.4. The average molecular weight is 209 g/mol. The van der Waals surface area contributed by atoms with Crippen molar-refractivity contribution in [1.82, 2.24) is 0 Å². The number of epoxide rings is 1. The molecule has 1 aliphatic rings. The van der Waals surface area contributed by atoms with Gasteiger partial charge in [0, 0.05) is 12.1 Å². The molecular formula is C10H11NO4. The Hall–Kier alpha value is -1.46. The third-order valence-electron chi connectivity index (χ3n) is 2.12. The van der Waals surface area contributed by atoms with Crippen molar-refractivity contribution in [3.8, 4) is 0 Å². The molecule has 0 saturated carbocycles. The Bertz CT molecular complexity index is 345. The minimum Gasteiger partial charge on any atom is -0.374 e. The summed E-state index contributed by atoms with van der Waals surface area (Å²) in [6.07, 6.45) is 0.253. The molecule has 1 saturated heterocycles. The van der Waals surface area contributed by atoms with Crippen molar-refractivity contribution in [2.45, 2.75) is 12.7 Å². The molecule has 0 amide bonds. The van der Waals surface area contributed by atoms with Gasteiger partial charge < -0.3 is 9.47 Å². The first kappa shape index (κ1) is 10.1. The number of nitro benzene ring substituents is 1. The number of hydrogen-bond donors (Lipinski definition) is 0. The first-order valence-electron chi connectivity index (χ1n) is 4.68. The Balaban J connectivity index is 1.83. The van der Waals surface area contributed by atoms with Crippen LogP contribution >= 0.6 is 0 Å². The van der Waals surface area contributed by atoms with Gasteiger partial charge in [0.2, 0.25) is 0 Å². The van der Waals surface area contributed by atoms with Crippen molar-refractivity contribution in [2.24, 2.45) is 0 Å². The van der Waals surface area contributed by atoms with E-state index >= 15 is 0 Å². The Morgan fingerprint density at radius 3 is 2.67 bits per heavy atom. The van der Waals surface area contributed by atoms with Crippen molar-refractivity contribution < 1.29 is 14.4 Å². The molecule has 1 atom stereocenters. The van der Waals surface area contributed by atoms with Gasteiger partial charge in [-0.15, -0.1) is 0 Å². The normalized spacial score (nSPS) is 18.8. The maximum absolute atomic E-state index is 10.4. The molecule has 0 radical (unpaired) electrons. The quantitative estimate of drug-likeness (QED) is 0.419. The lowest BCUT2D eigenvalue weighted by Crippen LogP contribution is -2.01. The van der Waals surface area contributed by atoms with Crippen LogP contribution in [0.3, 0.4) is 0 Å². The van der Waals surface area contributed by atoms with E-state index in [1.165, 1.54) is 12.1 Å². The van der Waals surface area contributed by atoms with Gasteiger partial charge in [-0.05, 0) is 17.7 Å². The molecule has 0 N–H and O–H groups in total. The molecule has 1 heterocycles. The van der Waals surface area contributed by atoms with Crippen molar-refractivity contribution in [3.63, 3.8) is 0 Å². The maximum atomic E-state index is 10.4. The van der Waals surface area contributed by atoms with Crippen LogP contribution in [-0.2, 0) is 16.1 Å². The van der Waals surface area contributed by atoms with E-state index in [1.54, 1.807) is 12.1 Å². The second kappa shape index (κ2) is 4.37. The van der Waals surface area contributed by atoms with Crippen LogP contribution in [0.15, 0.2) is 24.3 Å². The third kappa shape index (κ3) is 3.00. The highest BCUT2D eigenvalue weighted by molar-refractivity contribution is 5.32. The molecule has 0 spiro atoms. The van der Waals surface area contributed by atoms with E-state index in [9.17, 15) is 10.1 Å². The topological polar surface area (TPSA) is 64.9 Å². The Kier molecular flexibility index (Phi) is 2.94. The van der Waals surface area contributed by atoms with Gasteiger partial charge >= 0.3 is 0 Å². The van der Waals surface area contributed by atoms with E-state index in [1.807, 2.05) is 0 Å². The van der Waals surface area contributed by atoms with Gasteiger partial charge in [0.1, 0.15) is 6.10 Å². The summed E-state index contributed by atoms with van der Waals surface area (Å²) in [4.78, 5) is 9.97. The predicted molar refractivity (Wildman–Crippen MR) is 52.5 cm³/mol. The van der Waals surface area contributed by atoms with Gasteiger partial charge in [-0.25, -0.2) is 0 Å². The molecule has 1 aromatic carbocycles. The van der Waals surface area contributed by atoms with Crippen LogP contribution in [0.5, 0.6) is 0 Å². The lowest BCUT2D eigenvalue weighted by atomic mass is 10.2. The van der Waals surface area contributed by atoms with Crippen LogP contribution in [0.4, 0.5) is 5.69 Å². The molecule has 1 fully saturated rings. The van der Waals surface area contributed by atoms with Crippen molar-refractivity contribution >= 4 is 5.69 Å². The zero-order valence-corrected chi connectivity index (χ0v) is 8.09. The highest BCUT2D eigenvalue weighted by Crippen LogP contribution is 2.14. The fourth-order valence-electron chi connectivity index (χ4n) is 1.19. The monoisotopic (exact) mass is 209 g/mol. The summed E-state index contributed by atoms with van der Waals surface area (Å²) in [6.45, 7) is 1.84. The van der Waals surface area contributed by atoms with Gasteiger partial charge in [-0.1, -0.05) is 0 Å². The van der Waals surface area contributed by atoms with Crippen LogP contribution in [-0.4, -0.2) is 24.2 Å². The second-order valence-corrected chi connectivity index (χ2v) is 3.39. The molecule has 5 nitrogen and oxygen atoms in total. The van der Waals surface area contributed by atoms with Gasteiger partial charge in [0.15, 0.2) is 0 Å². The summed E-state index contributed by atoms with van der Waals surface area (Å²) >= 11 is 0. The number of non-ortho nitro benzene ring substituents is 1. The first-order chi connectivity index (χ1) is 7.25. The summed E-state index contributed by atoms with van der Waals surface area (Å²) in [5.74, 6) is 0. The van der Waals surface area contributed by atoms with E-state index in [4.69, 9.17) is 9.47 Å². The third-order valence-corrected chi connectivity index (χ3v) is 2.12. The molecule has 0 aliphatic carbocycles. The van der Waals surface area contributed by atoms with E-state index in [0.29, 0.717) is 13.2 Å². The largest absolute Gasteiger partial charge is 0.374 e. The fraction of sp³-hybridized carbons (Fsp3) is 0.400. The van der Waals surface area contributed by atoms with Crippen LogP contribution < -0.4 is 0 Å². The van der Waals surface area contributed by atoms with E-state index in [-0.39, 0.29) is 11.8 Å². The first-order valence-corrected chi connectivity index (χ1v) is 4.68. The van der Waals surface area contributed by atoms with Crippen LogP contribution in [0, 0.1) is 10.1 Å². The van der Waals surface area contributed by atoms with Crippen LogP contribution in [0.1, 0.15) is 5.56 Å². The van der Waals surface area contributed by atoms with E-state index < -0.39 is 4.92 Å². The Morgan fingerprint density at radius 2 is 2.13 bits per heavy atom. The van der Waals surface area contributed by atoms with E-state index in [0.717, 1.165) is 12.2 Å².